The first kappa shape index (κ1) is 22.6. The largest absolute Gasteiger partial charge is 0.356 e. The number of fused-ring (bicyclic) bond motifs is 3. The molecule has 32 heavy (non-hydrogen) atoms. The standard InChI is InChI=1S/C26H32N4OS/c1-19-8-3-4-10-23(19)18-32-26-29-28-24-12-5-6-13-25(31)27-17-20(2)22-11-7-9-21(16-22)14-15-30(24)26/h3-4,7-11,16,20H,5-6,12-15,17-18H2,1-2H3,(H,27,31). The fourth-order valence-electron chi connectivity index (χ4n) is 4.09. The van der Waals surface area contributed by atoms with E-state index in [1.807, 2.05) is 0 Å². The van der Waals surface area contributed by atoms with Gasteiger partial charge in [0, 0.05) is 31.7 Å². The van der Waals surface area contributed by atoms with Crippen LogP contribution in [-0.4, -0.2) is 27.2 Å². The minimum absolute atomic E-state index is 0.138. The molecule has 0 saturated carbocycles. The van der Waals surface area contributed by atoms with E-state index >= 15 is 0 Å². The number of benzene rings is 2. The van der Waals surface area contributed by atoms with E-state index < -0.39 is 0 Å². The molecule has 1 amide bonds. The Hall–Kier alpha value is -2.60. The van der Waals surface area contributed by atoms with Crippen LogP contribution in [0.3, 0.4) is 0 Å². The van der Waals surface area contributed by atoms with Gasteiger partial charge in [-0.2, -0.15) is 0 Å². The highest BCUT2D eigenvalue weighted by atomic mass is 32.2. The zero-order valence-electron chi connectivity index (χ0n) is 19.0. The van der Waals surface area contributed by atoms with Gasteiger partial charge in [-0.3, -0.25) is 4.79 Å². The summed E-state index contributed by atoms with van der Waals surface area (Å²) >= 11 is 1.76. The Bertz CT molecular complexity index is 1060. The van der Waals surface area contributed by atoms with Crippen molar-refractivity contribution in [1.82, 2.24) is 20.1 Å². The number of aryl methyl sites for hydroxylation is 3. The van der Waals surface area contributed by atoms with Gasteiger partial charge >= 0.3 is 0 Å². The van der Waals surface area contributed by atoms with Crippen LogP contribution in [0, 0.1) is 6.92 Å². The van der Waals surface area contributed by atoms with E-state index in [9.17, 15) is 4.79 Å². The number of nitrogens with zero attached hydrogens (tertiary/aromatic N) is 3. The predicted molar refractivity (Wildman–Crippen MR) is 130 cm³/mol. The molecule has 1 aromatic heterocycles. The van der Waals surface area contributed by atoms with Gasteiger partial charge in [-0.25, -0.2) is 0 Å². The Morgan fingerprint density at radius 2 is 1.91 bits per heavy atom. The minimum Gasteiger partial charge on any atom is -0.356 e. The number of rotatable bonds is 3. The number of hydrogen-bond acceptors (Lipinski definition) is 4. The highest BCUT2D eigenvalue weighted by molar-refractivity contribution is 7.98. The lowest BCUT2D eigenvalue weighted by atomic mass is 9.98. The number of carbonyl (C=O) groups is 1. The van der Waals surface area contributed by atoms with Crippen molar-refractivity contribution in [1.29, 1.82) is 0 Å². The summed E-state index contributed by atoms with van der Waals surface area (Å²) in [5.74, 6) is 2.35. The summed E-state index contributed by atoms with van der Waals surface area (Å²) in [7, 11) is 0. The van der Waals surface area contributed by atoms with Gasteiger partial charge in [0.2, 0.25) is 5.91 Å². The van der Waals surface area contributed by atoms with Gasteiger partial charge in [-0.15, -0.1) is 10.2 Å². The molecule has 0 saturated heterocycles. The van der Waals surface area contributed by atoms with Crippen molar-refractivity contribution in [2.75, 3.05) is 6.54 Å². The van der Waals surface area contributed by atoms with E-state index in [2.05, 4.69) is 82.5 Å². The zero-order valence-corrected chi connectivity index (χ0v) is 19.8. The van der Waals surface area contributed by atoms with Crippen molar-refractivity contribution in [2.45, 2.75) is 69.3 Å². The van der Waals surface area contributed by atoms with Gasteiger partial charge in [0.25, 0.3) is 0 Å². The Balaban J connectivity index is 1.55. The summed E-state index contributed by atoms with van der Waals surface area (Å²) in [6.45, 7) is 5.89. The summed E-state index contributed by atoms with van der Waals surface area (Å²) in [5, 5.41) is 13.2. The summed E-state index contributed by atoms with van der Waals surface area (Å²) < 4.78 is 2.29. The highest BCUT2D eigenvalue weighted by Crippen LogP contribution is 2.25. The molecule has 6 heteroatoms. The van der Waals surface area contributed by atoms with E-state index in [-0.39, 0.29) is 5.91 Å². The van der Waals surface area contributed by atoms with E-state index in [0.717, 1.165) is 49.0 Å². The zero-order chi connectivity index (χ0) is 22.3. The lowest BCUT2D eigenvalue weighted by molar-refractivity contribution is -0.121. The van der Waals surface area contributed by atoms with E-state index in [1.54, 1.807) is 11.8 Å². The summed E-state index contributed by atoms with van der Waals surface area (Å²) in [6, 6.07) is 17.3. The third kappa shape index (κ3) is 5.80. The molecule has 1 unspecified atom stereocenters. The van der Waals surface area contributed by atoms with Crippen molar-refractivity contribution in [3.8, 4) is 0 Å². The van der Waals surface area contributed by atoms with Crippen LogP contribution in [-0.2, 0) is 29.9 Å². The van der Waals surface area contributed by atoms with E-state index in [0.29, 0.717) is 18.9 Å². The maximum absolute atomic E-state index is 12.2. The third-order valence-corrected chi connectivity index (χ3v) is 7.23. The van der Waals surface area contributed by atoms with Gasteiger partial charge in [-0.1, -0.05) is 67.2 Å². The first-order valence-electron chi connectivity index (χ1n) is 11.5. The van der Waals surface area contributed by atoms with Crippen molar-refractivity contribution in [3.05, 3.63) is 76.6 Å². The van der Waals surface area contributed by atoms with Gasteiger partial charge in [0.1, 0.15) is 5.82 Å². The molecule has 2 heterocycles. The Morgan fingerprint density at radius 3 is 2.78 bits per heavy atom. The molecule has 168 valence electrons. The Morgan fingerprint density at radius 1 is 1.06 bits per heavy atom. The fourth-order valence-corrected chi connectivity index (χ4v) is 5.15. The highest BCUT2D eigenvalue weighted by Gasteiger charge is 2.15. The van der Waals surface area contributed by atoms with Crippen LogP contribution in [0.15, 0.2) is 53.7 Å². The fraction of sp³-hybridized carbons (Fsp3) is 0.423. The number of aromatic nitrogens is 3. The molecule has 0 aliphatic carbocycles. The number of nitrogens with one attached hydrogen (secondary N) is 1. The van der Waals surface area contributed by atoms with Gasteiger partial charge in [0.15, 0.2) is 5.16 Å². The lowest BCUT2D eigenvalue weighted by Gasteiger charge is -2.15. The van der Waals surface area contributed by atoms with Crippen LogP contribution in [0.5, 0.6) is 0 Å². The molecule has 1 aliphatic rings. The summed E-state index contributed by atoms with van der Waals surface area (Å²) in [5.41, 5.74) is 5.22. The number of carbonyl (C=O) groups excluding carboxylic acids is 1. The van der Waals surface area contributed by atoms with Crippen molar-refractivity contribution in [2.24, 2.45) is 0 Å². The van der Waals surface area contributed by atoms with Gasteiger partial charge < -0.3 is 9.88 Å². The van der Waals surface area contributed by atoms with Crippen LogP contribution < -0.4 is 5.32 Å². The molecule has 4 rings (SSSR count). The molecule has 1 atom stereocenters. The second-order valence-corrected chi connectivity index (χ2v) is 9.62. The first-order chi connectivity index (χ1) is 15.6. The molecular formula is C26H32N4OS. The van der Waals surface area contributed by atoms with Crippen molar-refractivity contribution < 1.29 is 4.79 Å². The number of hydrogen-bond donors (Lipinski definition) is 1. The van der Waals surface area contributed by atoms with Crippen LogP contribution in [0.4, 0.5) is 0 Å². The molecule has 3 aromatic rings. The average molecular weight is 449 g/mol. The molecular weight excluding hydrogens is 416 g/mol. The van der Waals surface area contributed by atoms with Crippen LogP contribution in [0.25, 0.3) is 0 Å². The van der Waals surface area contributed by atoms with Crippen molar-refractivity contribution in [3.63, 3.8) is 0 Å². The normalized spacial score (nSPS) is 17.7. The monoisotopic (exact) mass is 448 g/mol. The first-order valence-corrected chi connectivity index (χ1v) is 12.5. The van der Waals surface area contributed by atoms with Gasteiger partial charge in [-0.05, 0) is 54.4 Å². The maximum Gasteiger partial charge on any atom is 0.220 e. The SMILES string of the molecule is Cc1ccccc1CSc1nnc2n1CCc1cccc(c1)C(C)CNC(=O)CCCC2. The number of thioether (sulfide) groups is 1. The van der Waals surface area contributed by atoms with E-state index in [1.165, 1.54) is 22.3 Å². The second-order valence-electron chi connectivity index (χ2n) is 8.67. The second kappa shape index (κ2) is 10.8. The molecule has 0 spiro atoms. The quantitative estimate of drug-likeness (QED) is 0.569. The lowest BCUT2D eigenvalue weighted by Crippen LogP contribution is -2.27. The summed E-state index contributed by atoms with van der Waals surface area (Å²) in [6.07, 6.45) is 4.16. The molecule has 5 nitrogen and oxygen atoms in total. The molecule has 0 fully saturated rings. The predicted octanol–water partition coefficient (Wildman–Crippen LogP) is 5.07. The van der Waals surface area contributed by atoms with Crippen LogP contribution in [0.2, 0.25) is 0 Å². The molecule has 1 N–H and O–H groups in total. The van der Waals surface area contributed by atoms with Crippen LogP contribution >= 0.6 is 11.8 Å². The average Bonchev–Trinajstić information content (AvgIpc) is 3.19. The Labute approximate surface area is 195 Å². The topological polar surface area (TPSA) is 59.8 Å². The van der Waals surface area contributed by atoms with Gasteiger partial charge in [0.05, 0.1) is 0 Å². The smallest absolute Gasteiger partial charge is 0.220 e. The molecule has 2 aromatic carbocycles. The number of amides is 1. The molecule has 1 aliphatic heterocycles. The summed E-state index contributed by atoms with van der Waals surface area (Å²) in [4.78, 5) is 12.2. The third-order valence-electron chi connectivity index (χ3n) is 6.22. The molecule has 2 bridgehead atoms. The Kier molecular flexibility index (Phi) is 7.63. The van der Waals surface area contributed by atoms with E-state index in [4.69, 9.17) is 0 Å². The molecule has 0 radical (unpaired) electrons. The van der Waals surface area contributed by atoms with Crippen molar-refractivity contribution >= 4 is 17.7 Å². The maximum atomic E-state index is 12.2. The van der Waals surface area contributed by atoms with Crippen LogP contribution in [0.1, 0.15) is 60.2 Å². The minimum atomic E-state index is 0.138.